The second kappa shape index (κ2) is 5.08. The second-order valence-electron chi connectivity index (χ2n) is 7.70. The largest absolute Gasteiger partial charge is 0.393 e. The number of carbonyl (C=O) groups is 1. The van der Waals surface area contributed by atoms with Crippen molar-refractivity contribution in [1.82, 2.24) is 4.90 Å². The minimum absolute atomic E-state index is 0.211. The van der Waals surface area contributed by atoms with Gasteiger partial charge in [-0.05, 0) is 53.4 Å². The third-order valence-corrected chi connectivity index (χ3v) is 4.86. The Morgan fingerprint density at radius 2 is 1.47 bits per heavy atom. The van der Waals surface area contributed by atoms with Gasteiger partial charge in [-0.3, -0.25) is 4.79 Å². The maximum Gasteiger partial charge on any atom is 0.226 e. The number of aliphatic hydroxyl groups excluding tert-OH is 1. The Morgan fingerprint density at radius 3 is 1.95 bits per heavy atom. The molecule has 1 N–H and O–H groups in total. The molecule has 0 aromatic rings. The maximum absolute atomic E-state index is 12.9. The molecule has 0 bridgehead atoms. The van der Waals surface area contributed by atoms with Crippen LogP contribution in [-0.2, 0) is 4.79 Å². The lowest BCUT2D eigenvalue weighted by Crippen LogP contribution is -2.65. The predicted octanol–water partition coefficient (Wildman–Crippen LogP) is 3.11. The Kier molecular flexibility index (Phi) is 3.97. The van der Waals surface area contributed by atoms with Crippen LogP contribution < -0.4 is 0 Å². The van der Waals surface area contributed by atoms with Gasteiger partial charge in [-0.25, -0.2) is 0 Å². The van der Waals surface area contributed by atoms with Crippen molar-refractivity contribution in [3.05, 3.63) is 0 Å². The molecule has 2 fully saturated rings. The fraction of sp³-hybridized carbons (Fsp3) is 0.938. The highest BCUT2D eigenvalue weighted by atomic mass is 16.3. The van der Waals surface area contributed by atoms with Gasteiger partial charge in [0.15, 0.2) is 0 Å². The van der Waals surface area contributed by atoms with Gasteiger partial charge in [-0.2, -0.15) is 0 Å². The van der Waals surface area contributed by atoms with Gasteiger partial charge >= 0.3 is 0 Å². The van der Waals surface area contributed by atoms with Crippen LogP contribution in [0.25, 0.3) is 0 Å². The number of piperidine rings is 1. The maximum atomic E-state index is 12.9. The highest BCUT2D eigenvalue weighted by molar-refractivity contribution is 5.80. The molecule has 0 radical (unpaired) electrons. The van der Waals surface area contributed by atoms with Crippen molar-refractivity contribution < 1.29 is 9.90 Å². The van der Waals surface area contributed by atoms with Gasteiger partial charge in [0.25, 0.3) is 0 Å². The second-order valence-corrected chi connectivity index (χ2v) is 7.70. The molecule has 2 rings (SSSR count). The third kappa shape index (κ3) is 2.96. The molecule has 2 aliphatic rings. The molecule has 3 heteroatoms. The standard InChI is InChI=1S/C16H29NO2/c1-15(2)10-13(18)11-16(3,4)17(15)14(19)12-8-6-5-7-9-12/h12-13,18H,5-11H2,1-4H3. The summed E-state index contributed by atoms with van der Waals surface area (Å²) in [6, 6.07) is 0. The molecular formula is C16H29NO2. The van der Waals surface area contributed by atoms with Crippen LogP contribution in [0.3, 0.4) is 0 Å². The third-order valence-electron chi connectivity index (χ3n) is 4.86. The highest BCUT2D eigenvalue weighted by Gasteiger charge is 2.48. The first kappa shape index (κ1) is 14.8. The molecule has 110 valence electrons. The molecule has 0 aromatic heterocycles. The zero-order valence-electron chi connectivity index (χ0n) is 12.9. The summed E-state index contributed by atoms with van der Waals surface area (Å²) in [7, 11) is 0. The van der Waals surface area contributed by atoms with Crippen LogP contribution in [0.15, 0.2) is 0 Å². The van der Waals surface area contributed by atoms with E-state index in [4.69, 9.17) is 0 Å². The first-order valence-corrected chi connectivity index (χ1v) is 7.76. The topological polar surface area (TPSA) is 40.5 Å². The molecule has 1 saturated carbocycles. The first-order chi connectivity index (χ1) is 8.74. The van der Waals surface area contributed by atoms with Crippen LogP contribution in [-0.4, -0.2) is 33.1 Å². The van der Waals surface area contributed by atoms with Crippen molar-refractivity contribution in [2.75, 3.05) is 0 Å². The van der Waals surface area contributed by atoms with Crippen LogP contribution >= 0.6 is 0 Å². The van der Waals surface area contributed by atoms with Crippen LogP contribution in [0.1, 0.15) is 72.6 Å². The van der Waals surface area contributed by atoms with Crippen LogP contribution in [0.5, 0.6) is 0 Å². The molecule has 1 aliphatic carbocycles. The highest BCUT2D eigenvalue weighted by Crippen LogP contribution is 2.41. The molecule has 1 heterocycles. The Labute approximate surface area is 117 Å². The van der Waals surface area contributed by atoms with Gasteiger partial charge in [0.1, 0.15) is 0 Å². The van der Waals surface area contributed by atoms with Crippen LogP contribution in [0.2, 0.25) is 0 Å². The van der Waals surface area contributed by atoms with E-state index in [9.17, 15) is 9.90 Å². The van der Waals surface area contributed by atoms with Crippen molar-refractivity contribution in [2.24, 2.45) is 5.92 Å². The molecule has 0 spiro atoms. The van der Waals surface area contributed by atoms with E-state index in [2.05, 4.69) is 32.6 Å². The predicted molar refractivity (Wildman–Crippen MR) is 76.8 cm³/mol. The molecule has 3 nitrogen and oxygen atoms in total. The number of amides is 1. The zero-order valence-corrected chi connectivity index (χ0v) is 12.9. The van der Waals surface area contributed by atoms with E-state index in [0.717, 1.165) is 12.8 Å². The summed E-state index contributed by atoms with van der Waals surface area (Å²) in [5, 5.41) is 10.1. The van der Waals surface area contributed by atoms with E-state index in [1.165, 1.54) is 19.3 Å². The minimum Gasteiger partial charge on any atom is -0.393 e. The van der Waals surface area contributed by atoms with Gasteiger partial charge in [-0.1, -0.05) is 19.3 Å². The first-order valence-electron chi connectivity index (χ1n) is 7.76. The average Bonchev–Trinajstić information content (AvgIpc) is 2.26. The number of hydrogen-bond acceptors (Lipinski definition) is 2. The fourth-order valence-electron chi connectivity index (χ4n) is 4.36. The number of carbonyl (C=O) groups excluding carboxylic acids is 1. The van der Waals surface area contributed by atoms with E-state index < -0.39 is 0 Å². The molecule has 0 aromatic carbocycles. The summed E-state index contributed by atoms with van der Waals surface area (Å²) >= 11 is 0. The van der Waals surface area contributed by atoms with E-state index in [1.807, 2.05) is 0 Å². The van der Waals surface area contributed by atoms with Crippen LogP contribution in [0.4, 0.5) is 0 Å². The molecule has 0 unspecified atom stereocenters. The average molecular weight is 267 g/mol. The number of aliphatic hydroxyl groups is 1. The van der Waals surface area contributed by atoms with Crippen molar-refractivity contribution in [1.29, 1.82) is 0 Å². The monoisotopic (exact) mass is 267 g/mol. The number of likely N-dealkylation sites (tertiary alicyclic amines) is 1. The van der Waals surface area contributed by atoms with E-state index in [0.29, 0.717) is 18.7 Å². The lowest BCUT2D eigenvalue weighted by Gasteiger charge is -2.55. The molecule has 1 amide bonds. The van der Waals surface area contributed by atoms with Crippen molar-refractivity contribution in [3.63, 3.8) is 0 Å². The minimum atomic E-state index is -0.291. The smallest absolute Gasteiger partial charge is 0.226 e. The SMILES string of the molecule is CC1(C)CC(O)CC(C)(C)N1C(=O)C1CCCCC1. The summed E-state index contributed by atoms with van der Waals surface area (Å²) < 4.78 is 0. The molecular weight excluding hydrogens is 238 g/mol. The number of rotatable bonds is 1. The van der Waals surface area contributed by atoms with Gasteiger partial charge in [0.2, 0.25) is 5.91 Å². The molecule has 1 saturated heterocycles. The summed E-state index contributed by atoms with van der Waals surface area (Å²) in [5.74, 6) is 0.532. The Bertz CT molecular complexity index is 325. The molecule has 0 atom stereocenters. The Balaban J connectivity index is 2.21. The van der Waals surface area contributed by atoms with Crippen molar-refractivity contribution in [3.8, 4) is 0 Å². The lowest BCUT2D eigenvalue weighted by atomic mass is 9.76. The van der Waals surface area contributed by atoms with Crippen molar-refractivity contribution in [2.45, 2.75) is 89.8 Å². The van der Waals surface area contributed by atoms with Crippen LogP contribution in [0, 0.1) is 5.92 Å². The van der Waals surface area contributed by atoms with E-state index in [-0.39, 0.29) is 23.1 Å². The summed E-state index contributed by atoms with van der Waals surface area (Å²) in [5.41, 5.74) is -0.481. The summed E-state index contributed by atoms with van der Waals surface area (Å²) in [6.45, 7) is 8.38. The lowest BCUT2D eigenvalue weighted by molar-refractivity contribution is -0.160. The Morgan fingerprint density at radius 1 is 1.00 bits per heavy atom. The van der Waals surface area contributed by atoms with Gasteiger partial charge in [-0.15, -0.1) is 0 Å². The normalized spacial score (nSPS) is 28.4. The van der Waals surface area contributed by atoms with Crippen molar-refractivity contribution >= 4 is 5.91 Å². The number of hydrogen-bond donors (Lipinski definition) is 1. The van der Waals surface area contributed by atoms with Gasteiger partial charge in [0, 0.05) is 17.0 Å². The molecule has 1 aliphatic heterocycles. The van der Waals surface area contributed by atoms with E-state index >= 15 is 0 Å². The van der Waals surface area contributed by atoms with Gasteiger partial charge in [0.05, 0.1) is 6.10 Å². The molecule has 19 heavy (non-hydrogen) atoms. The van der Waals surface area contributed by atoms with E-state index in [1.54, 1.807) is 0 Å². The zero-order chi connectivity index (χ0) is 14.3. The Hall–Kier alpha value is -0.570. The summed E-state index contributed by atoms with van der Waals surface area (Å²) in [4.78, 5) is 15.0. The summed E-state index contributed by atoms with van der Waals surface area (Å²) in [6.07, 6.45) is 6.83. The number of nitrogens with zero attached hydrogens (tertiary/aromatic N) is 1. The quantitative estimate of drug-likeness (QED) is 0.793. The van der Waals surface area contributed by atoms with Gasteiger partial charge < -0.3 is 10.0 Å². The fourth-order valence-corrected chi connectivity index (χ4v) is 4.36.